The topological polar surface area (TPSA) is 63.6 Å². The van der Waals surface area contributed by atoms with Gasteiger partial charge < -0.3 is 15.0 Å². The number of methoxy groups -OCH3 is 1. The third-order valence-corrected chi connectivity index (χ3v) is 8.47. The average Bonchev–Trinajstić information content (AvgIpc) is 3.80. The monoisotopic (exact) mass is 553 g/mol. The zero-order chi connectivity index (χ0) is 28.3. The van der Waals surface area contributed by atoms with Crippen LogP contribution >= 0.6 is 0 Å². The zero-order valence-electron chi connectivity index (χ0n) is 23.4. The molecule has 2 atom stereocenters. The van der Waals surface area contributed by atoms with Crippen LogP contribution in [-0.2, 0) is 16.1 Å². The molecule has 0 spiro atoms. The van der Waals surface area contributed by atoms with E-state index in [2.05, 4.69) is 41.7 Å². The largest absolute Gasteiger partial charge is 0.384 e. The molecule has 2 heterocycles. The molecule has 1 aromatic heterocycles. The predicted molar refractivity (Wildman–Crippen MR) is 158 cm³/mol. The minimum absolute atomic E-state index is 0.100. The van der Waals surface area contributed by atoms with Crippen LogP contribution < -0.4 is 5.32 Å². The Morgan fingerprint density at radius 3 is 2.59 bits per heavy atom. The van der Waals surface area contributed by atoms with Crippen LogP contribution in [0.15, 0.2) is 79.0 Å². The summed E-state index contributed by atoms with van der Waals surface area (Å²) in [7, 11) is 1.56. The number of piperidine rings is 1. The first-order valence-corrected chi connectivity index (χ1v) is 14.5. The van der Waals surface area contributed by atoms with Gasteiger partial charge in [0, 0.05) is 37.8 Å². The third kappa shape index (κ3) is 5.83. The fourth-order valence-electron chi connectivity index (χ4n) is 6.18. The van der Waals surface area contributed by atoms with Gasteiger partial charge in [-0.15, -0.1) is 0 Å². The molecular weight excluding hydrogens is 517 g/mol. The van der Waals surface area contributed by atoms with Gasteiger partial charge in [-0.05, 0) is 72.2 Å². The van der Waals surface area contributed by atoms with Gasteiger partial charge in [0.1, 0.15) is 5.82 Å². The lowest BCUT2D eigenvalue weighted by Crippen LogP contribution is -2.47. The van der Waals surface area contributed by atoms with Gasteiger partial charge >= 0.3 is 0 Å². The van der Waals surface area contributed by atoms with Crippen molar-refractivity contribution in [2.24, 2.45) is 5.92 Å². The number of hydrogen-bond donors (Lipinski definition) is 1. The Labute approximate surface area is 240 Å². The smallest absolute Gasteiger partial charge is 0.233 e. The minimum atomic E-state index is -0.361. The van der Waals surface area contributed by atoms with Crippen LogP contribution in [0.4, 0.5) is 4.39 Å². The number of fused-ring (bicyclic) bond motifs is 1. The second-order valence-corrected chi connectivity index (χ2v) is 11.2. The Hall–Kier alpha value is -3.81. The molecule has 7 heteroatoms. The molecule has 1 aliphatic carbocycles. The quantitative estimate of drug-likeness (QED) is 0.276. The number of amides is 1. The zero-order valence-corrected chi connectivity index (χ0v) is 23.4. The van der Waals surface area contributed by atoms with Gasteiger partial charge in [-0.25, -0.2) is 4.39 Å². The van der Waals surface area contributed by atoms with E-state index in [1.807, 2.05) is 23.1 Å². The fraction of sp³-hybridized carbons (Fsp3) is 0.353. The van der Waals surface area contributed by atoms with E-state index in [0.29, 0.717) is 30.6 Å². The highest BCUT2D eigenvalue weighted by atomic mass is 19.1. The number of nitrogens with zero attached hydrogens (tertiary/aromatic N) is 2. The van der Waals surface area contributed by atoms with Crippen molar-refractivity contribution in [3.05, 3.63) is 95.9 Å². The van der Waals surface area contributed by atoms with E-state index >= 15 is 0 Å². The molecular formula is C34H36FN3O3. The minimum Gasteiger partial charge on any atom is -0.384 e. The number of nitrogens with one attached hydrogen (secondary N) is 1. The maximum Gasteiger partial charge on any atom is 0.233 e. The van der Waals surface area contributed by atoms with Crippen molar-refractivity contribution in [3.8, 4) is 11.1 Å². The van der Waals surface area contributed by atoms with Crippen LogP contribution in [0.3, 0.4) is 0 Å². The maximum absolute atomic E-state index is 14.4. The van der Waals surface area contributed by atoms with Crippen LogP contribution in [0.25, 0.3) is 22.0 Å². The van der Waals surface area contributed by atoms with Gasteiger partial charge in [0.2, 0.25) is 11.8 Å². The van der Waals surface area contributed by atoms with Gasteiger partial charge in [0.15, 0.2) is 0 Å². The molecule has 4 aromatic rings. The van der Waals surface area contributed by atoms with Crippen molar-refractivity contribution < 1.29 is 18.7 Å². The van der Waals surface area contributed by atoms with Gasteiger partial charge in [-0.1, -0.05) is 54.6 Å². The van der Waals surface area contributed by atoms with Crippen molar-refractivity contribution in [1.82, 2.24) is 14.8 Å². The molecule has 1 saturated heterocycles. The third-order valence-electron chi connectivity index (χ3n) is 8.47. The van der Waals surface area contributed by atoms with Crippen LogP contribution in [0, 0.1) is 11.7 Å². The Morgan fingerprint density at radius 1 is 1.00 bits per heavy atom. The molecule has 1 aliphatic heterocycles. The number of hydrogen-bond acceptors (Lipinski definition) is 4. The SMILES string of the molecule is COCCC(=O)n1cc(CN(C(=O)[C@H]2CNCC[C@@H]2c2cccc(-c3ccccc3)c2)C2CC2)c2cc(F)ccc21. The molecule has 2 fully saturated rings. The number of rotatable bonds is 9. The second kappa shape index (κ2) is 12.0. The molecule has 1 N–H and O–H groups in total. The van der Waals surface area contributed by atoms with Crippen LogP contribution in [0.1, 0.15) is 47.5 Å². The molecule has 41 heavy (non-hydrogen) atoms. The molecule has 3 aromatic carbocycles. The number of benzene rings is 3. The van der Waals surface area contributed by atoms with Crippen molar-refractivity contribution in [2.45, 2.75) is 44.2 Å². The summed E-state index contributed by atoms with van der Waals surface area (Å²) in [5, 5.41) is 4.13. The van der Waals surface area contributed by atoms with Gasteiger partial charge in [0.25, 0.3) is 0 Å². The maximum atomic E-state index is 14.4. The summed E-state index contributed by atoms with van der Waals surface area (Å²) in [6, 6.07) is 23.6. The summed E-state index contributed by atoms with van der Waals surface area (Å²) in [6.07, 6.45) is 4.80. The van der Waals surface area contributed by atoms with Crippen LogP contribution in [0.2, 0.25) is 0 Å². The number of carbonyl (C=O) groups is 2. The molecule has 6 nitrogen and oxygen atoms in total. The van der Waals surface area contributed by atoms with E-state index in [0.717, 1.165) is 42.5 Å². The van der Waals surface area contributed by atoms with E-state index in [1.165, 1.54) is 17.7 Å². The van der Waals surface area contributed by atoms with Gasteiger partial charge in [0.05, 0.1) is 24.5 Å². The van der Waals surface area contributed by atoms with Gasteiger partial charge in [-0.3, -0.25) is 14.2 Å². The summed E-state index contributed by atoms with van der Waals surface area (Å²) in [5.41, 5.74) is 4.94. The Kier molecular flexibility index (Phi) is 7.99. The Bertz CT molecular complexity index is 1550. The first-order valence-electron chi connectivity index (χ1n) is 14.5. The lowest BCUT2D eigenvalue weighted by molar-refractivity contribution is -0.138. The number of aromatic nitrogens is 1. The van der Waals surface area contributed by atoms with E-state index in [-0.39, 0.29) is 41.9 Å². The average molecular weight is 554 g/mol. The molecule has 6 rings (SSSR count). The first kappa shape index (κ1) is 27.4. The number of carbonyl (C=O) groups excluding carboxylic acids is 2. The fourth-order valence-corrected chi connectivity index (χ4v) is 6.18. The summed E-state index contributed by atoms with van der Waals surface area (Å²) >= 11 is 0. The summed E-state index contributed by atoms with van der Waals surface area (Å²) in [4.78, 5) is 29.3. The van der Waals surface area contributed by atoms with E-state index in [1.54, 1.807) is 23.9 Å². The van der Waals surface area contributed by atoms with Crippen molar-refractivity contribution in [2.75, 3.05) is 26.8 Å². The first-order chi connectivity index (χ1) is 20.0. The molecule has 0 unspecified atom stereocenters. The predicted octanol–water partition coefficient (Wildman–Crippen LogP) is 6.01. The van der Waals surface area contributed by atoms with Crippen molar-refractivity contribution >= 4 is 22.7 Å². The van der Waals surface area contributed by atoms with E-state index in [4.69, 9.17) is 4.74 Å². The summed E-state index contributed by atoms with van der Waals surface area (Å²) < 4.78 is 21.1. The molecule has 1 saturated carbocycles. The van der Waals surface area contributed by atoms with Crippen LogP contribution in [-0.4, -0.2) is 54.1 Å². The standard InChI is InChI=1S/C34H36FN3O3/c1-41-17-15-33(39)38-22-26(30-19-27(35)10-13-32(30)38)21-37(28-11-12-28)34(40)31-20-36-16-14-29(31)25-9-5-8-24(18-25)23-6-3-2-4-7-23/h2-10,13,18-19,22,28-29,31,36H,11-12,14-17,20-21H2,1H3/t29-,31+/m1/s1. The molecule has 0 radical (unpaired) electrons. The molecule has 0 bridgehead atoms. The Morgan fingerprint density at radius 2 is 1.80 bits per heavy atom. The van der Waals surface area contributed by atoms with E-state index < -0.39 is 0 Å². The lowest BCUT2D eigenvalue weighted by Gasteiger charge is -2.36. The van der Waals surface area contributed by atoms with Crippen molar-refractivity contribution in [3.63, 3.8) is 0 Å². The highest BCUT2D eigenvalue weighted by Gasteiger charge is 2.40. The number of halogens is 1. The van der Waals surface area contributed by atoms with E-state index in [9.17, 15) is 14.0 Å². The van der Waals surface area contributed by atoms with Crippen LogP contribution in [0.5, 0.6) is 0 Å². The Balaban J connectivity index is 1.30. The normalized spacial score (nSPS) is 18.9. The second-order valence-electron chi connectivity index (χ2n) is 11.2. The summed E-state index contributed by atoms with van der Waals surface area (Å²) in [5.74, 6) is -0.460. The van der Waals surface area contributed by atoms with Gasteiger partial charge in [-0.2, -0.15) is 0 Å². The lowest BCUT2D eigenvalue weighted by atomic mass is 9.79. The highest BCUT2D eigenvalue weighted by molar-refractivity contribution is 5.95. The van der Waals surface area contributed by atoms with Crippen molar-refractivity contribution in [1.29, 1.82) is 0 Å². The molecule has 212 valence electrons. The highest BCUT2D eigenvalue weighted by Crippen LogP contribution is 2.38. The number of ether oxygens (including phenoxy) is 1. The molecule has 2 aliphatic rings. The molecule has 1 amide bonds. The summed E-state index contributed by atoms with van der Waals surface area (Å²) in [6.45, 7) is 2.14.